The minimum Gasteiger partial charge on any atom is -0.486 e. The van der Waals surface area contributed by atoms with Crippen molar-refractivity contribution >= 4 is 21.6 Å². The molecule has 2 aromatic rings. The lowest BCUT2D eigenvalue weighted by atomic mass is 10.2. The average molecular weight is 340 g/mol. The van der Waals surface area contributed by atoms with Gasteiger partial charge in [-0.15, -0.1) is 0 Å². The molecule has 2 rings (SSSR count). The third kappa shape index (κ3) is 2.96. The molecule has 6 heteroatoms. The first-order valence-electron chi connectivity index (χ1n) is 5.80. The summed E-state index contributed by atoms with van der Waals surface area (Å²) >= 11 is 3.17. The molecule has 0 radical (unpaired) electrons. The van der Waals surface area contributed by atoms with Crippen LogP contribution in [0.25, 0.3) is 0 Å². The van der Waals surface area contributed by atoms with Gasteiger partial charge in [0.2, 0.25) is 0 Å². The van der Waals surface area contributed by atoms with Gasteiger partial charge in [-0.05, 0) is 34.5 Å². The predicted octanol–water partition coefficient (Wildman–Crippen LogP) is 4.38. The molecule has 0 saturated carbocycles. The SMILES string of the molecule is Cc1cccc(OCc2cccc([N+](=O)[O-])c2Br)c1F. The highest BCUT2D eigenvalue weighted by atomic mass is 79.9. The average Bonchev–Trinajstić information content (AvgIpc) is 2.41. The van der Waals surface area contributed by atoms with Gasteiger partial charge in [0.15, 0.2) is 11.6 Å². The number of hydrogen-bond acceptors (Lipinski definition) is 3. The number of aryl methyl sites for hydroxylation is 1. The standard InChI is InChI=1S/C14H11BrFNO3/c1-9-4-2-7-12(14(9)16)20-8-10-5-3-6-11(13(10)15)17(18)19/h2-7H,8H2,1H3. The lowest BCUT2D eigenvalue weighted by molar-refractivity contribution is -0.385. The van der Waals surface area contributed by atoms with Gasteiger partial charge in [0, 0.05) is 11.6 Å². The first-order chi connectivity index (χ1) is 9.50. The van der Waals surface area contributed by atoms with E-state index in [4.69, 9.17) is 4.74 Å². The number of nitrogens with zero attached hydrogens (tertiary/aromatic N) is 1. The molecule has 2 aromatic carbocycles. The second kappa shape index (κ2) is 6.00. The quantitative estimate of drug-likeness (QED) is 0.613. The van der Waals surface area contributed by atoms with E-state index in [9.17, 15) is 14.5 Å². The molecule has 0 aliphatic rings. The van der Waals surface area contributed by atoms with Crippen LogP contribution in [0.3, 0.4) is 0 Å². The number of rotatable bonds is 4. The zero-order valence-electron chi connectivity index (χ0n) is 10.6. The van der Waals surface area contributed by atoms with Crippen molar-refractivity contribution < 1.29 is 14.1 Å². The molecule has 0 spiro atoms. The predicted molar refractivity (Wildman–Crippen MR) is 76.3 cm³/mol. The molecule has 0 unspecified atom stereocenters. The van der Waals surface area contributed by atoms with Crippen molar-refractivity contribution in [3.63, 3.8) is 0 Å². The fraction of sp³-hybridized carbons (Fsp3) is 0.143. The maximum atomic E-state index is 13.8. The van der Waals surface area contributed by atoms with E-state index in [0.717, 1.165) is 0 Å². The summed E-state index contributed by atoms with van der Waals surface area (Å²) in [6, 6.07) is 9.50. The van der Waals surface area contributed by atoms with E-state index < -0.39 is 10.7 Å². The van der Waals surface area contributed by atoms with Crippen LogP contribution in [-0.4, -0.2) is 4.92 Å². The van der Waals surface area contributed by atoms with E-state index >= 15 is 0 Å². The molecule has 0 bridgehead atoms. The van der Waals surface area contributed by atoms with Gasteiger partial charge in [-0.25, -0.2) is 4.39 Å². The molecule has 0 N–H and O–H groups in total. The summed E-state index contributed by atoms with van der Waals surface area (Å²) in [6.07, 6.45) is 0. The molecule has 20 heavy (non-hydrogen) atoms. The van der Waals surface area contributed by atoms with E-state index in [1.807, 2.05) is 0 Å². The maximum absolute atomic E-state index is 13.8. The molecule has 0 aromatic heterocycles. The van der Waals surface area contributed by atoms with Gasteiger partial charge in [-0.2, -0.15) is 0 Å². The zero-order chi connectivity index (χ0) is 14.7. The minimum atomic E-state index is -0.485. The Morgan fingerprint density at radius 2 is 2.00 bits per heavy atom. The van der Waals surface area contributed by atoms with Crippen LogP contribution in [-0.2, 0) is 6.61 Å². The molecular weight excluding hydrogens is 329 g/mol. The monoisotopic (exact) mass is 339 g/mol. The van der Waals surface area contributed by atoms with Gasteiger partial charge >= 0.3 is 0 Å². The Labute approximate surface area is 123 Å². The Hall–Kier alpha value is -1.95. The van der Waals surface area contributed by atoms with Crippen molar-refractivity contribution in [1.29, 1.82) is 0 Å². The largest absolute Gasteiger partial charge is 0.486 e. The summed E-state index contributed by atoms with van der Waals surface area (Å²) in [6.45, 7) is 1.69. The number of ether oxygens (including phenoxy) is 1. The van der Waals surface area contributed by atoms with Crippen molar-refractivity contribution in [1.82, 2.24) is 0 Å². The van der Waals surface area contributed by atoms with Crippen molar-refractivity contribution in [3.8, 4) is 5.75 Å². The third-order valence-electron chi connectivity index (χ3n) is 2.79. The summed E-state index contributed by atoms with van der Waals surface area (Å²) in [5.41, 5.74) is 1.02. The lowest BCUT2D eigenvalue weighted by Gasteiger charge is -2.10. The van der Waals surface area contributed by atoms with E-state index in [-0.39, 0.29) is 18.0 Å². The number of nitro benzene ring substituents is 1. The van der Waals surface area contributed by atoms with E-state index in [0.29, 0.717) is 15.6 Å². The molecule has 0 amide bonds. The second-order valence-electron chi connectivity index (χ2n) is 4.18. The van der Waals surface area contributed by atoms with Crippen LogP contribution in [0, 0.1) is 22.9 Å². The number of halogens is 2. The Morgan fingerprint density at radius 3 is 2.70 bits per heavy atom. The lowest BCUT2D eigenvalue weighted by Crippen LogP contribution is -2.01. The third-order valence-corrected chi connectivity index (χ3v) is 3.71. The normalized spacial score (nSPS) is 10.3. The highest BCUT2D eigenvalue weighted by Gasteiger charge is 2.15. The Bertz CT molecular complexity index is 661. The van der Waals surface area contributed by atoms with Crippen LogP contribution in [0.1, 0.15) is 11.1 Å². The molecule has 0 saturated heterocycles. The van der Waals surface area contributed by atoms with Crippen LogP contribution in [0.4, 0.5) is 10.1 Å². The van der Waals surface area contributed by atoms with Gasteiger partial charge in [-0.3, -0.25) is 10.1 Å². The van der Waals surface area contributed by atoms with E-state index in [1.165, 1.54) is 12.1 Å². The van der Waals surface area contributed by atoms with Crippen molar-refractivity contribution in [2.45, 2.75) is 13.5 Å². The molecule has 104 valence electrons. The molecule has 0 aliphatic heterocycles. The molecular formula is C14H11BrFNO3. The minimum absolute atomic E-state index is 0.0443. The summed E-state index contributed by atoms with van der Waals surface area (Å²) < 4.78 is 19.5. The fourth-order valence-corrected chi connectivity index (χ4v) is 2.23. The first-order valence-corrected chi connectivity index (χ1v) is 6.59. The van der Waals surface area contributed by atoms with Crippen molar-refractivity contribution in [2.75, 3.05) is 0 Å². The van der Waals surface area contributed by atoms with Crippen LogP contribution in [0.15, 0.2) is 40.9 Å². The number of nitro groups is 1. The van der Waals surface area contributed by atoms with Crippen LogP contribution in [0.2, 0.25) is 0 Å². The van der Waals surface area contributed by atoms with Gasteiger partial charge < -0.3 is 4.74 Å². The van der Waals surface area contributed by atoms with E-state index in [2.05, 4.69) is 15.9 Å². The molecule has 0 aliphatic carbocycles. The van der Waals surface area contributed by atoms with Crippen molar-refractivity contribution in [2.24, 2.45) is 0 Å². The highest BCUT2D eigenvalue weighted by molar-refractivity contribution is 9.10. The molecule has 0 heterocycles. The van der Waals surface area contributed by atoms with Crippen LogP contribution in [0.5, 0.6) is 5.75 Å². The number of benzene rings is 2. The smallest absolute Gasteiger partial charge is 0.283 e. The Morgan fingerprint density at radius 1 is 1.30 bits per heavy atom. The van der Waals surface area contributed by atoms with Crippen molar-refractivity contribution in [3.05, 3.63) is 67.9 Å². The summed E-state index contributed by atoms with van der Waals surface area (Å²) in [5, 5.41) is 10.8. The molecule has 0 atom stereocenters. The van der Waals surface area contributed by atoms with E-state index in [1.54, 1.807) is 31.2 Å². The Balaban J connectivity index is 2.21. The molecule has 0 fully saturated rings. The first kappa shape index (κ1) is 14.5. The van der Waals surface area contributed by atoms with Gasteiger partial charge in [0.05, 0.1) is 4.92 Å². The molecule has 4 nitrogen and oxygen atoms in total. The zero-order valence-corrected chi connectivity index (χ0v) is 12.2. The maximum Gasteiger partial charge on any atom is 0.283 e. The Kier molecular flexibility index (Phi) is 4.34. The summed E-state index contributed by atoms with van der Waals surface area (Å²) in [4.78, 5) is 10.3. The summed E-state index contributed by atoms with van der Waals surface area (Å²) in [5.74, 6) is -0.294. The van der Waals surface area contributed by atoms with Gasteiger partial charge in [-0.1, -0.05) is 24.3 Å². The van der Waals surface area contributed by atoms with Crippen LogP contribution >= 0.6 is 15.9 Å². The van der Waals surface area contributed by atoms with Crippen LogP contribution < -0.4 is 4.74 Å². The summed E-state index contributed by atoms with van der Waals surface area (Å²) in [7, 11) is 0. The second-order valence-corrected chi connectivity index (χ2v) is 4.98. The number of hydrogen-bond donors (Lipinski definition) is 0. The highest BCUT2D eigenvalue weighted by Crippen LogP contribution is 2.29. The topological polar surface area (TPSA) is 52.4 Å². The van der Waals surface area contributed by atoms with Gasteiger partial charge in [0.1, 0.15) is 11.1 Å². The fourth-order valence-electron chi connectivity index (χ4n) is 1.71. The van der Waals surface area contributed by atoms with Gasteiger partial charge in [0.25, 0.3) is 5.69 Å².